The van der Waals surface area contributed by atoms with Crippen molar-refractivity contribution in [3.8, 4) is 0 Å². The molecule has 0 bridgehead atoms. The van der Waals surface area contributed by atoms with Gasteiger partial charge >= 0.3 is 0 Å². The summed E-state index contributed by atoms with van der Waals surface area (Å²) < 4.78 is 0. The van der Waals surface area contributed by atoms with Gasteiger partial charge < -0.3 is 15.7 Å². The second-order valence-electron chi connectivity index (χ2n) is 4.42. The predicted octanol–water partition coefficient (Wildman–Crippen LogP) is 0.672. The van der Waals surface area contributed by atoms with Crippen LogP contribution in [0.5, 0.6) is 0 Å². The third-order valence-electron chi connectivity index (χ3n) is 3.61. The van der Waals surface area contributed by atoms with Crippen LogP contribution in [0.15, 0.2) is 6.20 Å². The molecule has 1 aliphatic carbocycles. The molecule has 2 fully saturated rings. The molecule has 0 amide bonds. The molecule has 3 N–H and O–H groups in total. The van der Waals surface area contributed by atoms with Crippen LogP contribution in [-0.4, -0.2) is 33.8 Å². The smallest absolute Gasteiger partial charge is 0.173 e. The Morgan fingerprint density at radius 1 is 1.56 bits per heavy atom. The molecule has 1 aliphatic heterocycles. The van der Waals surface area contributed by atoms with Crippen molar-refractivity contribution in [3.63, 3.8) is 0 Å². The monoisotopic (exact) mass is 240 g/mol. The zero-order valence-electron chi connectivity index (χ0n) is 8.67. The van der Waals surface area contributed by atoms with E-state index in [-0.39, 0.29) is 17.1 Å². The van der Waals surface area contributed by atoms with Gasteiger partial charge in [-0.25, -0.2) is 9.97 Å². The van der Waals surface area contributed by atoms with E-state index in [1.165, 1.54) is 0 Å². The number of rotatable bonds is 1. The summed E-state index contributed by atoms with van der Waals surface area (Å²) in [6.45, 7) is 0.904. The molecule has 5 nitrogen and oxygen atoms in total. The second kappa shape index (κ2) is 3.46. The van der Waals surface area contributed by atoms with Crippen molar-refractivity contribution in [2.24, 2.45) is 5.92 Å². The highest BCUT2D eigenvalue weighted by atomic mass is 35.5. The number of nitrogens with two attached hydrogens (primary N) is 1. The number of hydrogen-bond acceptors (Lipinski definition) is 5. The van der Waals surface area contributed by atoms with E-state index in [9.17, 15) is 5.11 Å². The third kappa shape index (κ3) is 1.35. The molecule has 0 radical (unpaired) electrons. The number of nitrogen functional groups attached to an aromatic ring is 1. The Bertz CT molecular complexity index is 427. The molecule has 86 valence electrons. The Hall–Kier alpha value is -1.07. The summed E-state index contributed by atoms with van der Waals surface area (Å²) in [5.74, 6) is 1.41. The lowest BCUT2D eigenvalue weighted by molar-refractivity contribution is 0.0188. The summed E-state index contributed by atoms with van der Waals surface area (Å²) in [4.78, 5) is 10.4. The van der Waals surface area contributed by atoms with Crippen LogP contribution in [0.2, 0.25) is 5.15 Å². The summed E-state index contributed by atoms with van der Waals surface area (Å²) in [7, 11) is 0. The van der Waals surface area contributed by atoms with Gasteiger partial charge in [-0.2, -0.15) is 0 Å². The van der Waals surface area contributed by atoms with Crippen LogP contribution < -0.4 is 10.6 Å². The van der Waals surface area contributed by atoms with E-state index >= 15 is 0 Å². The van der Waals surface area contributed by atoms with Crippen molar-refractivity contribution in [3.05, 3.63) is 11.3 Å². The lowest BCUT2D eigenvalue weighted by atomic mass is 9.77. The molecule has 6 heteroatoms. The highest BCUT2D eigenvalue weighted by molar-refractivity contribution is 6.31. The van der Waals surface area contributed by atoms with Crippen molar-refractivity contribution < 1.29 is 5.11 Å². The largest absolute Gasteiger partial charge is 0.393 e. The Morgan fingerprint density at radius 2 is 2.38 bits per heavy atom. The van der Waals surface area contributed by atoms with Gasteiger partial charge in [0.25, 0.3) is 0 Å². The molecule has 0 spiro atoms. The first-order valence-corrected chi connectivity index (χ1v) is 5.77. The first-order chi connectivity index (χ1) is 7.66. The fourth-order valence-electron chi connectivity index (χ4n) is 2.64. The standard InChI is InChI=1S/C10H13ClN4O/c11-9-10(12)13-4-8(14-9)15-2-1-5-6(15)3-7(5)16/h4-7,16H,1-3H2,(H2,12,13)/t5-,6-,7+/m0/s1. The fourth-order valence-corrected chi connectivity index (χ4v) is 2.78. The minimum absolute atomic E-state index is 0.146. The summed E-state index contributed by atoms with van der Waals surface area (Å²) >= 11 is 5.85. The number of aliphatic hydroxyl groups excluding tert-OH is 1. The highest BCUT2D eigenvalue weighted by Crippen LogP contribution is 2.42. The predicted molar refractivity (Wildman–Crippen MR) is 61.3 cm³/mol. The van der Waals surface area contributed by atoms with Crippen LogP contribution in [0.1, 0.15) is 12.8 Å². The van der Waals surface area contributed by atoms with Crippen LogP contribution in [0.3, 0.4) is 0 Å². The topological polar surface area (TPSA) is 75.3 Å². The van der Waals surface area contributed by atoms with Gasteiger partial charge in [0.1, 0.15) is 5.82 Å². The van der Waals surface area contributed by atoms with Crippen LogP contribution in [0.4, 0.5) is 11.6 Å². The van der Waals surface area contributed by atoms with Gasteiger partial charge in [-0.15, -0.1) is 0 Å². The molecule has 1 aromatic rings. The third-order valence-corrected chi connectivity index (χ3v) is 3.89. The van der Waals surface area contributed by atoms with Gasteiger partial charge in [0.2, 0.25) is 0 Å². The summed E-state index contributed by atoms with van der Waals surface area (Å²) in [6.07, 6.45) is 3.32. The van der Waals surface area contributed by atoms with E-state index in [2.05, 4.69) is 14.9 Å². The maximum Gasteiger partial charge on any atom is 0.173 e. The van der Waals surface area contributed by atoms with E-state index in [1.54, 1.807) is 6.20 Å². The zero-order valence-corrected chi connectivity index (χ0v) is 9.43. The van der Waals surface area contributed by atoms with Crippen molar-refractivity contribution >= 4 is 23.2 Å². The number of fused-ring (bicyclic) bond motifs is 1. The molecule has 3 atom stereocenters. The van der Waals surface area contributed by atoms with Gasteiger partial charge in [-0.1, -0.05) is 11.6 Å². The first-order valence-electron chi connectivity index (χ1n) is 5.39. The van der Waals surface area contributed by atoms with Crippen LogP contribution in [0.25, 0.3) is 0 Å². The first kappa shape index (κ1) is 10.1. The van der Waals surface area contributed by atoms with Crippen molar-refractivity contribution in [1.82, 2.24) is 9.97 Å². The Labute approximate surface area is 98.2 Å². The zero-order chi connectivity index (χ0) is 11.3. The molecule has 2 aliphatic rings. The molecule has 1 aromatic heterocycles. The van der Waals surface area contributed by atoms with Gasteiger partial charge in [-0.3, -0.25) is 0 Å². The Morgan fingerprint density at radius 3 is 3.00 bits per heavy atom. The average molecular weight is 241 g/mol. The number of aliphatic hydroxyl groups is 1. The molecule has 16 heavy (non-hydrogen) atoms. The fraction of sp³-hybridized carbons (Fsp3) is 0.600. The van der Waals surface area contributed by atoms with Gasteiger partial charge in [0.05, 0.1) is 12.3 Å². The molecule has 0 aromatic carbocycles. The molecular formula is C10H13ClN4O. The Balaban J connectivity index is 1.85. The molecule has 2 heterocycles. The number of aromatic nitrogens is 2. The Kier molecular flexibility index (Phi) is 2.19. The van der Waals surface area contributed by atoms with Crippen LogP contribution in [0, 0.1) is 5.92 Å². The maximum absolute atomic E-state index is 9.57. The number of hydrogen-bond donors (Lipinski definition) is 2. The second-order valence-corrected chi connectivity index (χ2v) is 4.78. The molecule has 1 saturated heterocycles. The summed E-state index contributed by atoms with van der Waals surface area (Å²) in [5, 5.41) is 9.82. The summed E-state index contributed by atoms with van der Waals surface area (Å²) in [6, 6.07) is 0.393. The van der Waals surface area contributed by atoms with Gasteiger partial charge in [0, 0.05) is 18.5 Å². The van der Waals surface area contributed by atoms with E-state index < -0.39 is 0 Å². The minimum Gasteiger partial charge on any atom is -0.393 e. The minimum atomic E-state index is -0.146. The van der Waals surface area contributed by atoms with Crippen molar-refractivity contribution in [1.29, 1.82) is 0 Å². The van der Waals surface area contributed by atoms with E-state index in [4.69, 9.17) is 17.3 Å². The number of anilines is 2. The molecule has 3 rings (SSSR count). The number of halogens is 1. The van der Waals surface area contributed by atoms with Crippen molar-refractivity contribution in [2.45, 2.75) is 25.0 Å². The van der Waals surface area contributed by atoms with Crippen LogP contribution >= 0.6 is 11.6 Å². The highest BCUT2D eigenvalue weighted by Gasteiger charge is 2.48. The molecular weight excluding hydrogens is 228 g/mol. The van der Waals surface area contributed by atoms with Crippen molar-refractivity contribution in [2.75, 3.05) is 17.2 Å². The molecule has 1 saturated carbocycles. The van der Waals surface area contributed by atoms with Crippen LogP contribution in [-0.2, 0) is 0 Å². The maximum atomic E-state index is 9.57. The number of nitrogens with zero attached hydrogens (tertiary/aromatic N) is 3. The van der Waals surface area contributed by atoms with Gasteiger partial charge in [-0.05, 0) is 12.8 Å². The SMILES string of the molecule is Nc1ncc(N2CC[C@@H]3[C@H](O)C[C@@H]32)nc1Cl. The lowest BCUT2D eigenvalue weighted by Gasteiger charge is -2.40. The average Bonchev–Trinajstić information content (AvgIpc) is 2.59. The van der Waals surface area contributed by atoms with E-state index in [0.29, 0.717) is 12.0 Å². The van der Waals surface area contributed by atoms with E-state index in [1.807, 2.05) is 0 Å². The van der Waals surface area contributed by atoms with E-state index in [0.717, 1.165) is 25.2 Å². The molecule has 0 unspecified atom stereocenters. The summed E-state index contributed by atoms with van der Waals surface area (Å²) in [5.41, 5.74) is 5.52. The lowest BCUT2D eigenvalue weighted by Crippen LogP contribution is -2.49. The normalized spacial score (nSPS) is 32.4. The quantitative estimate of drug-likeness (QED) is 0.755. The van der Waals surface area contributed by atoms with Gasteiger partial charge in [0.15, 0.2) is 11.0 Å².